The number of carbonyl (C=O) groups excluding carboxylic acids is 1. The van der Waals surface area contributed by atoms with E-state index in [0.717, 1.165) is 6.42 Å². The molecule has 1 fully saturated rings. The lowest BCUT2D eigenvalue weighted by Crippen LogP contribution is -2.39. The summed E-state index contributed by atoms with van der Waals surface area (Å²) in [4.78, 5) is 20.1. The molecule has 0 amide bonds. The predicted octanol–water partition coefficient (Wildman–Crippen LogP) is 2.95. The fourth-order valence-electron chi connectivity index (χ4n) is 3.18. The maximum atomic E-state index is 12.2. The number of allylic oxidation sites excluding steroid dienone is 1. The van der Waals surface area contributed by atoms with Crippen molar-refractivity contribution in [3.8, 4) is 0 Å². The maximum Gasteiger partial charge on any atom is 0.311 e. The van der Waals surface area contributed by atoms with Gasteiger partial charge in [0.2, 0.25) is 5.28 Å². The second-order valence-electron chi connectivity index (χ2n) is 5.23. The van der Waals surface area contributed by atoms with E-state index >= 15 is 0 Å². The molecule has 1 aromatic heterocycles. The zero-order chi connectivity index (χ0) is 15.0. The van der Waals surface area contributed by atoms with Crippen molar-refractivity contribution in [1.29, 1.82) is 0 Å². The molecule has 2 aliphatic rings. The minimum absolute atomic E-state index is 0.0810. The number of aromatic nitrogens is 2. The Hall–Kier alpha value is -1.33. The van der Waals surface area contributed by atoms with Gasteiger partial charge in [0.1, 0.15) is 10.8 Å². The standard InChI is InChI=1S/C14H15Cl2N3O2/c1-2-21-13(20)10-7-3-4-8(5-7)11(10)18-12-9(15)6-17-14(16)19-12/h3-4,6-8,10-11H,2,5H2,1H3,(H,17,18,19)/t7-,8+,10-,11+/m0/s1. The molecule has 5 nitrogen and oxygen atoms in total. The van der Waals surface area contributed by atoms with Crippen LogP contribution in [0, 0.1) is 17.8 Å². The van der Waals surface area contributed by atoms with E-state index < -0.39 is 0 Å². The summed E-state index contributed by atoms with van der Waals surface area (Å²) in [6.07, 6.45) is 6.62. The number of nitrogens with zero attached hydrogens (tertiary/aromatic N) is 2. The molecule has 0 saturated heterocycles. The molecule has 1 heterocycles. The van der Waals surface area contributed by atoms with Crippen LogP contribution in [0.4, 0.5) is 5.82 Å². The lowest BCUT2D eigenvalue weighted by molar-refractivity contribution is -0.149. The highest BCUT2D eigenvalue weighted by Gasteiger charge is 2.49. The van der Waals surface area contributed by atoms with Gasteiger partial charge in [0.25, 0.3) is 0 Å². The van der Waals surface area contributed by atoms with Gasteiger partial charge in [-0.05, 0) is 36.8 Å². The number of hydrogen-bond donors (Lipinski definition) is 1. The van der Waals surface area contributed by atoms with Crippen LogP contribution in [-0.2, 0) is 9.53 Å². The SMILES string of the molecule is CCOC(=O)[C@@H]1[C@H](Nc2nc(Cl)ncc2Cl)[C@@H]2C=C[C@H]1C2. The minimum Gasteiger partial charge on any atom is -0.466 e. The van der Waals surface area contributed by atoms with Crippen molar-refractivity contribution < 1.29 is 9.53 Å². The van der Waals surface area contributed by atoms with E-state index in [0.29, 0.717) is 17.4 Å². The Morgan fingerprint density at radius 2 is 2.19 bits per heavy atom. The molecule has 112 valence electrons. The molecule has 3 rings (SSSR count). The molecule has 1 aromatic rings. The molecule has 21 heavy (non-hydrogen) atoms. The summed E-state index contributed by atoms with van der Waals surface area (Å²) in [6, 6.07) is -0.0810. The summed E-state index contributed by atoms with van der Waals surface area (Å²) in [5.41, 5.74) is 0. The minimum atomic E-state index is -0.218. The van der Waals surface area contributed by atoms with Crippen molar-refractivity contribution in [1.82, 2.24) is 9.97 Å². The fourth-order valence-corrected chi connectivity index (χ4v) is 3.46. The van der Waals surface area contributed by atoms with E-state index in [2.05, 4.69) is 27.4 Å². The Labute approximate surface area is 132 Å². The van der Waals surface area contributed by atoms with Crippen LogP contribution in [0.3, 0.4) is 0 Å². The molecule has 7 heteroatoms. The second kappa shape index (κ2) is 5.81. The summed E-state index contributed by atoms with van der Waals surface area (Å²) < 4.78 is 5.20. The molecular formula is C14H15Cl2N3O2. The normalized spacial score (nSPS) is 29.7. The van der Waals surface area contributed by atoms with Crippen LogP contribution in [0.2, 0.25) is 10.3 Å². The lowest BCUT2D eigenvalue weighted by atomic mass is 9.89. The molecule has 2 bridgehead atoms. The molecule has 1 saturated carbocycles. The van der Waals surface area contributed by atoms with Gasteiger partial charge >= 0.3 is 5.97 Å². The monoisotopic (exact) mass is 327 g/mol. The molecule has 0 radical (unpaired) electrons. The molecule has 4 atom stereocenters. The Kier molecular flexibility index (Phi) is 4.04. The third-order valence-corrected chi connectivity index (χ3v) is 4.49. The fraction of sp³-hybridized carbons (Fsp3) is 0.500. The highest BCUT2D eigenvalue weighted by Crippen LogP contribution is 2.45. The van der Waals surface area contributed by atoms with Crippen LogP contribution in [0.15, 0.2) is 18.3 Å². The Morgan fingerprint density at radius 1 is 1.43 bits per heavy atom. The van der Waals surface area contributed by atoms with Crippen LogP contribution in [0.5, 0.6) is 0 Å². The first kappa shape index (κ1) is 14.6. The van der Waals surface area contributed by atoms with Crippen LogP contribution in [-0.4, -0.2) is 28.6 Å². The van der Waals surface area contributed by atoms with Crippen LogP contribution in [0.25, 0.3) is 0 Å². The first-order chi connectivity index (χ1) is 10.1. The number of fused-ring (bicyclic) bond motifs is 2. The number of hydrogen-bond acceptors (Lipinski definition) is 5. The summed E-state index contributed by atoms with van der Waals surface area (Å²) in [6.45, 7) is 2.19. The number of anilines is 1. The van der Waals surface area contributed by atoms with Gasteiger partial charge < -0.3 is 10.1 Å². The highest BCUT2D eigenvalue weighted by molar-refractivity contribution is 6.33. The van der Waals surface area contributed by atoms with Gasteiger partial charge in [-0.15, -0.1) is 0 Å². The number of ether oxygens (including phenoxy) is 1. The van der Waals surface area contributed by atoms with E-state index in [1.165, 1.54) is 6.20 Å². The van der Waals surface area contributed by atoms with Crippen molar-refractivity contribution in [2.45, 2.75) is 19.4 Å². The topological polar surface area (TPSA) is 64.1 Å². The zero-order valence-corrected chi connectivity index (χ0v) is 12.9. The van der Waals surface area contributed by atoms with E-state index in [4.69, 9.17) is 27.9 Å². The second-order valence-corrected chi connectivity index (χ2v) is 5.98. The summed E-state index contributed by atoms with van der Waals surface area (Å²) >= 11 is 11.9. The maximum absolute atomic E-state index is 12.2. The third kappa shape index (κ3) is 2.72. The van der Waals surface area contributed by atoms with Gasteiger partial charge in [-0.1, -0.05) is 23.8 Å². The van der Waals surface area contributed by atoms with Crippen LogP contribution < -0.4 is 5.32 Å². The Balaban J connectivity index is 1.84. The average molecular weight is 328 g/mol. The van der Waals surface area contributed by atoms with Gasteiger partial charge in [0.15, 0.2) is 0 Å². The highest BCUT2D eigenvalue weighted by atomic mass is 35.5. The molecule has 0 aliphatic heterocycles. The molecule has 0 spiro atoms. The van der Waals surface area contributed by atoms with Crippen molar-refractivity contribution in [2.75, 3.05) is 11.9 Å². The number of esters is 1. The predicted molar refractivity (Wildman–Crippen MR) is 80.3 cm³/mol. The van der Waals surface area contributed by atoms with Crippen molar-refractivity contribution in [3.05, 3.63) is 28.7 Å². The third-order valence-electron chi connectivity index (χ3n) is 4.04. The molecule has 0 aromatic carbocycles. The first-order valence-electron chi connectivity index (χ1n) is 6.89. The van der Waals surface area contributed by atoms with Crippen LogP contribution >= 0.6 is 23.2 Å². The van der Waals surface area contributed by atoms with E-state index in [-0.39, 0.29) is 35.0 Å². The largest absolute Gasteiger partial charge is 0.466 e. The van der Waals surface area contributed by atoms with Crippen molar-refractivity contribution >= 4 is 35.0 Å². The molecular weight excluding hydrogens is 313 g/mol. The van der Waals surface area contributed by atoms with Gasteiger partial charge in [0, 0.05) is 6.04 Å². The number of carbonyl (C=O) groups is 1. The van der Waals surface area contributed by atoms with Crippen molar-refractivity contribution in [3.63, 3.8) is 0 Å². The number of rotatable bonds is 4. The summed E-state index contributed by atoms with van der Waals surface area (Å²) in [7, 11) is 0. The summed E-state index contributed by atoms with van der Waals surface area (Å²) in [5, 5.41) is 3.75. The Morgan fingerprint density at radius 3 is 2.95 bits per heavy atom. The number of halogens is 2. The van der Waals surface area contributed by atoms with E-state index in [1.807, 2.05) is 6.92 Å². The van der Waals surface area contributed by atoms with Crippen LogP contribution in [0.1, 0.15) is 13.3 Å². The molecule has 2 aliphatic carbocycles. The van der Waals surface area contributed by atoms with E-state index in [9.17, 15) is 4.79 Å². The smallest absolute Gasteiger partial charge is 0.311 e. The first-order valence-corrected chi connectivity index (χ1v) is 7.65. The Bertz CT molecular complexity index is 594. The summed E-state index contributed by atoms with van der Waals surface area (Å²) in [5.74, 6) is 0.543. The van der Waals surface area contributed by atoms with Gasteiger partial charge in [-0.2, -0.15) is 4.98 Å². The quantitative estimate of drug-likeness (QED) is 0.523. The number of nitrogens with one attached hydrogen (secondary N) is 1. The molecule has 1 N–H and O–H groups in total. The lowest BCUT2D eigenvalue weighted by Gasteiger charge is -2.27. The zero-order valence-electron chi connectivity index (χ0n) is 11.4. The van der Waals surface area contributed by atoms with Gasteiger partial charge in [0.05, 0.1) is 18.7 Å². The van der Waals surface area contributed by atoms with E-state index in [1.54, 1.807) is 0 Å². The van der Waals surface area contributed by atoms with Crippen molar-refractivity contribution in [2.24, 2.45) is 17.8 Å². The van der Waals surface area contributed by atoms with Gasteiger partial charge in [-0.25, -0.2) is 4.98 Å². The van der Waals surface area contributed by atoms with Gasteiger partial charge in [-0.3, -0.25) is 4.79 Å². The molecule has 0 unspecified atom stereocenters. The average Bonchev–Trinajstić information content (AvgIpc) is 3.04.